The van der Waals surface area contributed by atoms with Gasteiger partial charge >= 0.3 is 12.2 Å². The molecule has 6 rings (SSSR count). The number of allylic oxidation sites excluding steroid dienone is 1. The number of aromatic nitrogens is 2. The molecule has 2 fully saturated rings. The molecule has 2 saturated heterocycles. The summed E-state index contributed by atoms with van der Waals surface area (Å²) in [4.78, 5) is 68.1. The van der Waals surface area contributed by atoms with Crippen molar-refractivity contribution in [1.29, 1.82) is 0 Å². The Kier molecular flexibility index (Phi) is 12.3. The summed E-state index contributed by atoms with van der Waals surface area (Å²) < 4.78 is 9.56. The molecule has 0 spiro atoms. The number of imidazole rings is 1. The van der Waals surface area contributed by atoms with Gasteiger partial charge in [-0.05, 0) is 64.3 Å². The van der Waals surface area contributed by atoms with E-state index < -0.39 is 24.3 Å². The molecule has 0 saturated carbocycles. The molecule has 3 aromatic rings. The number of nitrogens with one attached hydrogen (secondary N) is 3. The van der Waals surface area contributed by atoms with Crippen molar-refractivity contribution in [1.82, 2.24) is 30.4 Å². The molecular weight excluding hydrogens is 711 g/mol. The number of amides is 4. The van der Waals surface area contributed by atoms with Crippen LogP contribution in [-0.4, -0.2) is 94.9 Å². The van der Waals surface area contributed by atoms with Crippen LogP contribution in [0.1, 0.15) is 78.2 Å². The summed E-state index contributed by atoms with van der Waals surface area (Å²) in [5.41, 5.74) is 7.16. The minimum atomic E-state index is -0.696. The number of alkyl carbamates (subject to hydrolysis) is 2. The van der Waals surface area contributed by atoms with E-state index in [1.807, 2.05) is 49.9 Å². The predicted molar refractivity (Wildman–Crippen MR) is 215 cm³/mol. The van der Waals surface area contributed by atoms with Crippen LogP contribution in [0.2, 0.25) is 0 Å². The molecule has 4 heterocycles. The van der Waals surface area contributed by atoms with Crippen molar-refractivity contribution in [2.75, 3.05) is 27.3 Å². The van der Waals surface area contributed by atoms with Gasteiger partial charge in [-0.2, -0.15) is 0 Å². The summed E-state index contributed by atoms with van der Waals surface area (Å²) in [6.07, 6.45) is 4.75. The molecular formula is C43H55N7O6. The number of rotatable bonds is 11. The number of H-pyrrole nitrogens is 1. The van der Waals surface area contributed by atoms with Crippen molar-refractivity contribution in [2.45, 2.75) is 85.0 Å². The van der Waals surface area contributed by atoms with Crippen LogP contribution in [0.4, 0.5) is 9.59 Å². The molecule has 3 N–H and O–H groups in total. The third-order valence-corrected chi connectivity index (χ3v) is 11.2. The van der Waals surface area contributed by atoms with Crippen molar-refractivity contribution >= 4 is 35.3 Å². The molecule has 6 atom stereocenters. The molecule has 1 unspecified atom stereocenters. The highest BCUT2D eigenvalue weighted by Crippen LogP contribution is 2.37. The second-order valence-corrected chi connectivity index (χ2v) is 16.2. The Morgan fingerprint density at radius 3 is 1.68 bits per heavy atom. The zero-order valence-electron chi connectivity index (χ0n) is 33.7. The Morgan fingerprint density at radius 1 is 0.714 bits per heavy atom. The van der Waals surface area contributed by atoms with Gasteiger partial charge in [0.05, 0.1) is 38.2 Å². The van der Waals surface area contributed by atoms with Crippen molar-refractivity contribution in [3.8, 4) is 22.4 Å². The minimum absolute atomic E-state index is 0.0936. The van der Waals surface area contributed by atoms with Gasteiger partial charge in [-0.15, -0.1) is 0 Å². The number of aromatic amines is 1. The van der Waals surface area contributed by atoms with Gasteiger partial charge in [0, 0.05) is 31.4 Å². The quantitative estimate of drug-likeness (QED) is 0.193. The number of hydrogen-bond acceptors (Lipinski definition) is 8. The van der Waals surface area contributed by atoms with E-state index in [-0.39, 0.29) is 41.7 Å². The first-order valence-electron chi connectivity index (χ1n) is 19.6. The molecule has 2 aromatic carbocycles. The molecule has 4 amide bonds. The number of hydrogen-bond donors (Lipinski definition) is 3. The predicted octanol–water partition coefficient (Wildman–Crippen LogP) is 6.84. The Labute approximate surface area is 329 Å². The van der Waals surface area contributed by atoms with E-state index in [1.54, 1.807) is 0 Å². The van der Waals surface area contributed by atoms with E-state index in [0.717, 1.165) is 57.9 Å². The second kappa shape index (κ2) is 17.1. The van der Waals surface area contributed by atoms with Crippen LogP contribution in [0.5, 0.6) is 0 Å². The highest BCUT2D eigenvalue weighted by atomic mass is 16.5. The van der Waals surface area contributed by atoms with Gasteiger partial charge in [0.2, 0.25) is 11.8 Å². The van der Waals surface area contributed by atoms with Gasteiger partial charge < -0.3 is 34.9 Å². The average molecular weight is 766 g/mol. The number of carbonyl (C=O) groups excluding carboxylic acids is 4. The Balaban J connectivity index is 1.09. The molecule has 0 bridgehead atoms. The monoisotopic (exact) mass is 765 g/mol. The fraction of sp³-hybridized carbons (Fsp3) is 0.488. The van der Waals surface area contributed by atoms with E-state index in [4.69, 9.17) is 19.5 Å². The number of ether oxygens (including phenoxy) is 2. The molecule has 3 aliphatic heterocycles. The molecule has 13 heteroatoms. The van der Waals surface area contributed by atoms with Crippen molar-refractivity contribution in [3.63, 3.8) is 0 Å². The number of nitrogens with zero attached hydrogens (tertiary/aromatic N) is 4. The van der Waals surface area contributed by atoms with Crippen LogP contribution in [0.25, 0.3) is 28.0 Å². The molecule has 56 heavy (non-hydrogen) atoms. The summed E-state index contributed by atoms with van der Waals surface area (Å²) in [5, 5.41) is 5.44. The second-order valence-electron chi connectivity index (χ2n) is 16.2. The molecule has 13 nitrogen and oxygen atoms in total. The van der Waals surface area contributed by atoms with Crippen molar-refractivity contribution < 1.29 is 28.7 Å². The largest absolute Gasteiger partial charge is 0.453 e. The molecule has 0 aliphatic carbocycles. The molecule has 0 radical (unpaired) electrons. The van der Waals surface area contributed by atoms with E-state index in [2.05, 4.69) is 78.0 Å². The van der Waals surface area contributed by atoms with Gasteiger partial charge in [-0.1, -0.05) is 90.1 Å². The van der Waals surface area contributed by atoms with Crippen LogP contribution < -0.4 is 10.6 Å². The fourth-order valence-corrected chi connectivity index (χ4v) is 8.11. The maximum atomic E-state index is 13.7. The summed E-state index contributed by atoms with van der Waals surface area (Å²) in [7, 11) is 2.59. The molecule has 298 valence electrons. The minimum Gasteiger partial charge on any atom is -0.453 e. The lowest BCUT2D eigenvalue weighted by atomic mass is 9.95. The number of aliphatic imine (C=N–C) groups is 1. The Bertz CT molecular complexity index is 1970. The van der Waals surface area contributed by atoms with Crippen LogP contribution in [0.3, 0.4) is 0 Å². The van der Waals surface area contributed by atoms with Crippen molar-refractivity contribution in [3.05, 3.63) is 72.3 Å². The van der Waals surface area contributed by atoms with Gasteiger partial charge in [-0.3, -0.25) is 14.6 Å². The summed E-state index contributed by atoms with van der Waals surface area (Å²) in [5.74, 6) is 0.880. The highest BCUT2D eigenvalue weighted by molar-refractivity contribution is 6.04. The number of methoxy groups -OCH3 is 2. The fourth-order valence-electron chi connectivity index (χ4n) is 8.11. The zero-order chi connectivity index (χ0) is 40.3. The maximum absolute atomic E-state index is 13.7. The SMILES string of the molecule is COC(=O)N[C@H](C(=O)N1C[C@H](C)CC1c1ncc(-c2ccc(-c3ccc(C4=CN=C([C@@H]5C[C@@H](C)CN5C(=O)[C@@H](NC(=O)OC)C(C)C)C4)cc3)cc2)[nH]1)C(C)C. The molecule has 1 aromatic heterocycles. The summed E-state index contributed by atoms with van der Waals surface area (Å²) >= 11 is 0. The van der Waals surface area contributed by atoms with E-state index in [1.165, 1.54) is 14.2 Å². The third-order valence-electron chi connectivity index (χ3n) is 11.2. The lowest BCUT2D eigenvalue weighted by Crippen LogP contribution is -2.53. The topological polar surface area (TPSA) is 158 Å². The van der Waals surface area contributed by atoms with Crippen LogP contribution in [0.15, 0.2) is 65.9 Å². The summed E-state index contributed by atoms with van der Waals surface area (Å²) in [6, 6.07) is 15.1. The van der Waals surface area contributed by atoms with Crippen LogP contribution >= 0.6 is 0 Å². The van der Waals surface area contributed by atoms with Gasteiger partial charge in [0.1, 0.15) is 17.9 Å². The average Bonchev–Trinajstić information content (AvgIpc) is 4.02. The van der Waals surface area contributed by atoms with Crippen molar-refractivity contribution in [2.24, 2.45) is 28.7 Å². The summed E-state index contributed by atoms with van der Waals surface area (Å²) in [6.45, 7) is 13.1. The van der Waals surface area contributed by atoms with Crippen LogP contribution in [-0.2, 0) is 19.1 Å². The van der Waals surface area contributed by atoms with E-state index >= 15 is 0 Å². The van der Waals surface area contributed by atoms with Gasteiger partial charge in [0.25, 0.3) is 0 Å². The number of benzene rings is 2. The molecule has 3 aliphatic rings. The smallest absolute Gasteiger partial charge is 0.407 e. The first-order valence-corrected chi connectivity index (χ1v) is 19.6. The first-order chi connectivity index (χ1) is 26.8. The first kappa shape index (κ1) is 40.2. The Hall–Kier alpha value is -5.46. The normalized spacial score (nSPS) is 21.8. The number of likely N-dealkylation sites (tertiary alicyclic amines) is 2. The van der Waals surface area contributed by atoms with E-state index in [9.17, 15) is 19.2 Å². The van der Waals surface area contributed by atoms with Gasteiger partial charge in [0.15, 0.2) is 0 Å². The zero-order valence-corrected chi connectivity index (χ0v) is 33.7. The maximum Gasteiger partial charge on any atom is 0.407 e. The lowest BCUT2D eigenvalue weighted by Gasteiger charge is -2.31. The van der Waals surface area contributed by atoms with Crippen LogP contribution in [0, 0.1) is 23.7 Å². The van der Waals surface area contributed by atoms with Gasteiger partial charge in [-0.25, -0.2) is 14.6 Å². The standard InChI is InChI=1S/C43H55N7O6/c1-24(2)37(47-42(53)55-7)40(51)49-22-26(5)17-35(49)33-19-32(20-44-33)30-11-9-28(10-12-30)29-13-15-31(16-14-29)34-21-45-39(46-34)36-18-27(6)23-50(36)41(52)38(25(3)4)48-43(54)56-8/h9-16,20-21,24-27,35-38H,17-19,22-23H2,1-8H3,(H,45,46)(H,47,53)(H,48,54)/t26-,27-,35+,36?,37+,38+/m1/s1. The third kappa shape index (κ3) is 8.66. The number of carbonyl (C=O) groups is 4. The highest BCUT2D eigenvalue weighted by Gasteiger charge is 2.42. The van der Waals surface area contributed by atoms with E-state index in [0.29, 0.717) is 25.4 Å². The Morgan fingerprint density at radius 2 is 1.18 bits per heavy atom. The lowest BCUT2D eigenvalue weighted by molar-refractivity contribution is -0.136.